The zero-order valence-corrected chi connectivity index (χ0v) is 11.3. The van der Waals surface area contributed by atoms with Gasteiger partial charge in [0.25, 0.3) is 0 Å². The highest BCUT2D eigenvalue weighted by molar-refractivity contribution is 9.10. The van der Waals surface area contributed by atoms with Crippen LogP contribution in [0.1, 0.15) is 0 Å². The first-order chi connectivity index (χ1) is 9.11. The summed E-state index contributed by atoms with van der Waals surface area (Å²) in [6, 6.07) is 5.95. The van der Waals surface area contributed by atoms with Gasteiger partial charge in [-0.3, -0.25) is 10.1 Å². The molecule has 98 valence electrons. The van der Waals surface area contributed by atoms with E-state index in [2.05, 4.69) is 25.9 Å². The monoisotopic (exact) mass is 325 g/mol. The lowest BCUT2D eigenvalue weighted by Gasteiger charge is -2.06. The molecule has 0 saturated heterocycles. The molecule has 0 spiro atoms. The predicted octanol–water partition coefficient (Wildman–Crippen LogP) is 2.95. The molecule has 0 aliphatic heterocycles. The maximum absolute atomic E-state index is 10.8. The Morgan fingerprint density at radius 1 is 1.37 bits per heavy atom. The van der Waals surface area contributed by atoms with Crippen LogP contribution >= 0.6 is 15.9 Å². The number of methoxy groups -OCH3 is 1. The molecule has 0 radical (unpaired) electrons. The second-order valence-corrected chi connectivity index (χ2v) is 4.19. The Morgan fingerprint density at radius 2 is 2.11 bits per heavy atom. The van der Waals surface area contributed by atoms with Gasteiger partial charge in [-0.25, -0.2) is 4.98 Å². The van der Waals surface area contributed by atoms with E-state index < -0.39 is 4.92 Å². The third-order valence-electron chi connectivity index (χ3n) is 2.15. The van der Waals surface area contributed by atoms with Gasteiger partial charge < -0.3 is 9.47 Å². The van der Waals surface area contributed by atoms with Gasteiger partial charge in [0.05, 0.1) is 22.7 Å². The predicted molar refractivity (Wildman–Crippen MR) is 69.5 cm³/mol. The van der Waals surface area contributed by atoms with Crippen LogP contribution in [0.4, 0.5) is 5.69 Å². The van der Waals surface area contributed by atoms with Crippen LogP contribution in [0.5, 0.6) is 17.6 Å². The zero-order valence-electron chi connectivity index (χ0n) is 9.74. The Morgan fingerprint density at radius 3 is 2.79 bits per heavy atom. The van der Waals surface area contributed by atoms with E-state index in [-0.39, 0.29) is 23.3 Å². The SMILES string of the molecule is COc1nc(Oc2ccccc2[N+](=O)[O-])ncc1Br. The zero-order chi connectivity index (χ0) is 13.8. The van der Waals surface area contributed by atoms with Crippen LogP contribution in [0.3, 0.4) is 0 Å². The van der Waals surface area contributed by atoms with Crippen molar-refractivity contribution in [1.82, 2.24) is 9.97 Å². The molecule has 0 unspecified atom stereocenters. The third-order valence-corrected chi connectivity index (χ3v) is 2.69. The van der Waals surface area contributed by atoms with Gasteiger partial charge >= 0.3 is 11.7 Å². The number of nitrogens with zero attached hydrogens (tertiary/aromatic N) is 3. The highest BCUT2D eigenvalue weighted by Gasteiger charge is 2.16. The molecule has 2 rings (SSSR count). The Labute approximate surface area is 116 Å². The molecule has 1 aromatic carbocycles. The van der Waals surface area contributed by atoms with Crippen molar-refractivity contribution in [3.05, 3.63) is 45.0 Å². The number of para-hydroxylation sites is 2. The van der Waals surface area contributed by atoms with E-state index in [0.29, 0.717) is 4.47 Å². The van der Waals surface area contributed by atoms with Gasteiger partial charge in [0, 0.05) is 6.07 Å². The minimum absolute atomic E-state index is 0.0330. The van der Waals surface area contributed by atoms with Crippen LogP contribution in [-0.2, 0) is 0 Å². The van der Waals surface area contributed by atoms with Gasteiger partial charge in [-0.15, -0.1) is 0 Å². The van der Waals surface area contributed by atoms with Crippen LogP contribution in [-0.4, -0.2) is 22.0 Å². The molecule has 1 aromatic heterocycles. The summed E-state index contributed by atoms with van der Waals surface area (Å²) in [7, 11) is 1.45. The van der Waals surface area contributed by atoms with Crippen molar-refractivity contribution in [2.75, 3.05) is 7.11 Å². The van der Waals surface area contributed by atoms with Crippen molar-refractivity contribution in [2.45, 2.75) is 0 Å². The fourth-order valence-corrected chi connectivity index (χ4v) is 1.67. The van der Waals surface area contributed by atoms with Gasteiger partial charge in [-0.2, -0.15) is 4.98 Å². The van der Waals surface area contributed by atoms with E-state index >= 15 is 0 Å². The standard InChI is InChI=1S/C11H8BrN3O4/c1-18-10-7(12)6-13-11(14-10)19-9-5-3-2-4-8(9)15(16)17/h2-6H,1H3. The number of nitro groups is 1. The van der Waals surface area contributed by atoms with Crippen molar-refractivity contribution in [3.8, 4) is 17.6 Å². The van der Waals surface area contributed by atoms with Crippen molar-refractivity contribution in [1.29, 1.82) is 0 Å². The molecule has 0 saturated carbocycles. The summed E-state index contributed by atoms with van der Waals surface area (Å²) in [6.45, 7) is 0. The largest absolute Gasteiger partial charge is 0.480 e. The van der Waals surface area contributed by atoms with Crippen LogP contribution in [0.25, 0.3) is 0 Å². The molecule has 19 heavy (non-hydrogen) atoms. The van der Waals surface area contributed by atoms with E-state index in [4.69, 9.17) is 9.47 Å². The maximum Gasteiger partial charge on any atom is 0.325 e. The molecule has 0 aliphatic rings. The van der Waals surface area contributed by atoms with Crippen molar-refractivity contribution >= 4 is 21.6 Å². The fourth-order valence-electron chi connectivity index (χ4n) is 1.32. The number of ether oxygens (including phenoxy) is 2. The number of benzene rings is 1. The van der Waals surface area contributed by atoms with Crippen LogP contribution < -0.4 is 9.47 Å². The molecule has 0 aliphatic carbocycles. The molecule has 0 bridgehead atoms. The number of hydrogen-bond acceptors (Lipinski definition) is 6. The summed E-state index contributed by atoms with van der Waals surface area (Å²) >= 11 is 3.20. The Hall–Kier alpha value is -2.22. The summed E-state index contributed by atoms with van der Waals surface area (Å²) in [4.78, 5) is 18.2. The number of halogens is 1. The van der Waals surface area contributed by atoms with E-state index in [1.165, 1.54) is 25.4 Å². The molecular weight excluding hydrogens is 318 g/mol. The summed E-state index contributed by atoms with van der Waals surface area (Å²) in [5.74, 6) is 0.348. The highest BCUT2D eigenvalue weighted by Crippen LogP contribution is 2.31. The van der Waals surface area contributed by atoms with Gasteiger partial charge in [0.1, 0.15) is 0 Å². The van der Waals surface area contributed by atoms with Crippen molar-refractivity contribution < 1.29 is 14.4 Å². The summed E-state index contributed by atoms with van der Waals surface area (Å²) in [5, 5.41) is 10.8. The summed E-state index contributed by atoms with van der Waals surface area (Å²) in [6.07, 6.45) is 1.44. The summed E-state index contributed by atoms with van der Waals surface area (Å²) in [5.41, 5.74) is -0.159. The average molecular weight is 326 g/mol. The number of nitro benzene ring substituents is 1. The first-order valence-corrected chi connectivity index (χ1v) is 5.89. The normalized spacial score (nSPS) is 10.0. The van der Waals surface area contributed by atoms with Gasteiger partial charge in [-0.1, -0.05) is 12.1 Å². The lowest BCUT2D eigenvalue weighted by Crippen LogP contribution is -1.98. The quantitative estimate of drug-likeness (QED) is 0.634. The summed E-state index contributed by atoms with van der Waals surface area (Å²) < 4.78 is 10.9. The molecule has 0 fully saturated rings. The van der Waals surface area contributed by atoms with E-state index in [9.17, 15) is 10.1 Å². The fraction of sp³-hybridized carbons (Fsp3) is 0.0909. The lowest BCUT2D eigenvalue weighted by molar-refractivity contribution is -0.385. The Balaban J connectivity index is 2.34. The van der Waals surface area contributed by atoms with Crippen LogP contribution in [0, 0.1) is 10.1 Å². The van der Waals surface area contributed by atoms with E-state index in [1.807, 2.05) is 0 Å². The average Bonchev–Trinajstić information content (AvgIpc) is 2.41. The minimum atomic E-state index is -0.536. The molecule has 8 heteroatoms. The van der Waals surface area contributed by atoms with Gasteiger partial charge in [0.15, 0.2) is 0 Å². The van der Waals surface area contributed by atoms with Crippen molar-refractivity contribution in [2.24, 2.45) is 0 Å². The first kappa shape index (κ1) is 13.2. The van der Waals surface area contributed by atoms with Gasteiger partial charge in [-0.05, 0) is 22.0 Å². The third kappa shape index (κ3) is 2.97. The second kappa shape index (κ2) is 5.61. The highest BCUT2D eigenvalue weighted by atomic mass is 79.9. The number of rotatable bonds is 4. The van der Waals surface area contributed by atoms with Gasteiger partial charge in [0.2, 0.25) is 11.6 Å². The smallest absolute Gasteiger partial charge is 0.325 e. The molecular formula is C11H8BrN3O4. The van der Waals surface area contributed by atoms with Crippen molar-refractivity contribution in [3.63, 3.8) is 0 Å². The molecule has 0 atom stereocenters. The molecule has 0 amide bonds. The number of aromatic nitrogens is 2. The number of hydrogen-bond donors (Lipinski definition) is 0. The first-order valence-electron chi connectivity index (χ1n) is 5.09. The molecule has 2 aromatic rings. The topological polar surface area (TPSA) is 87.4 Å². The minimum Gasteiger partial charge on any atom is -0.480 e. The molecule has 1 heterocycles. The molecule has 7 nitrogen and oxygen atoms in total. The lowest BCUT2D eigenvalue weighted by atomic mass is 10.3. The van der Waals surface area contributed by atoms with E-state index in [1.54, 1.807) is 12.1 Å². The van der Waals surface area contributed by atoms with Crippen LogP contribution in [0.15, 0.2) is 34.9 Å². The van der Waals surface area contributed by atoms with E-state index in [0.717, 1.165) is 0 Å². The van der Waals surface area contributed by atoms with Crippen LogP contribution in [0.2, 0.25) is 0 Å². The Kier molecular flexibility index (Phi) is 3.91. The Bertz CT molecular complexity index is 621. The second-order valence-electron chi connectivity index (χ2n) is 3.34. The maximum atomic E-state index is 10.8. The molecule has 0 N–H and O–H groups in total.